The molecule has 8 heteroatoms. The summed E-state index contributed by atoms with van der Waals surface area (Å²) >= 11 is 6.87. The van der Waals surface area contributed by atoms with Crippen molar-refractivity contribution in [3.8, 4) is 0 Å². The maximum Gasteiger partial charge on any atom is 0.267 e. The minimum Gasteiger partial charge on any atom is -0.332 e. The molecule has 0 saturated carbocycles. The summed E-state index contributed by atoms with van der Waals surface area (Å²) in [4.78, 5) is 17.1. The fourth-order valence-corrected chi connectivity index (χ4v) is 3.14. The van der Waals surface area contributed by atoms with E-state index in [2.05, 4.69) is 15.6 Å². The Hall–Kier alpha value is -2.51. The van der Waals surface area contributed by atoms with Crippen molar-refractivity contribution in [3.63, 3.8) is 0 Å². The molecule has 0 bridgehead atoms. The summed E-state index contributed by atoms with van der Waals surface area (Å²) < 4.78 is 26.1. The third kappa shape index (κ3) is 4.12. The van der Waals surface area contributed by atoms with E-state index < -0.39 is 5.82 Å². The average molecular weight is 380 g/mol. The van der Waals surface area contributed by atoms with Gasteiger partial charge in [0.05, 0.1) is 10.7 Å². The number of amides is 1. The molecule has 2 aromatic carbocycles. The number of aromatic nitrogens is 1. The molecule has 0 spiro atoms. The molecule has 1 amide bonds. The maximum atomic E-state index is 13.2. The van der Waals surface area contributed by atoms with Crippen LogP contribution in [0.15, 0.2) is 42.5 Å². The van der Waals surface area contributed by atoms with E-state index in [9.17, 15) is 13.6 Å². The van der Waals surface area contributed by atoms with Gasteiger partial charge in [-0.1, -0.05) is 22.9 Å². The van der Waals surface area contributed by atoms with Crippen LogP contribution in [-0.2, 0) is 0 Å². The number of halogens is 3. The zero-order valence-corrected chi connectivity index (χ0v) is 14.5. The lowest BCUT2D eigenvalue weighted by molar-refractivity contribution is 0.103. The fraction of sp³-hybridized carbons (Fsp3) is 0.0588. The highest BCUT2D eigenvalue weighted by atomic mass is 35.5. The summed E-state index contributed by atoms with van der Waals surface area (Å²) in [5.41, 5.74) is 1.59. The Labute approximate surface area is 151 Å². The predicted octanol–water partition coefficient (Wildman–Crippen LogP) is 5.38. The molecule has 0 atom stereocenters. The second-order valence-corrected chi connectivity index (χ2v) is 6.55. The van der Waals surface area contributed by atoms with Crippen molar-refractivity contribution in [2.45, 2.75) is 6.92 Å². The SMILES string of the molecule is Cc1nc(Nc2ccc(F)cc2)sc1C(=O)Nc1ccc(F)c(Cl)c1. The molecular formula is C17H12ClF2N3OS. The summed E-state index contributed by atoms with van der Waals surface area (Å²) in [6, 6.07) is 9.75. The molecule has 0 radical (unpaired) electrons. The van der Waals surface area contributed by atoms with E-state index in [-0.39, 0.29) is 16.7 Å². The van der Waals surface area contributed by atoms with Crippen molar-refractivity contribution < 1.29 is 13.6 Å². The quantitative estimate of drug-likeness (QED) is 0.640. The third-order valence-electron chi connectivity index (χ3n) is 3.28. The zero-order chi connectivity index (χ0) is 18.0. The third-order valence-corrected chi connectivity index (χ3v) is 4.64. The Morgan fingerprint density at radius 1 is 1.12 bits per heavy atom. The van der Waals surface area contributed by atoms with Crippen molar-refractivity contribution in [3.05, 3.63) is 69.7 Å². The Bertz CT molecular complexity index is 928. The van der Waals surface area contributed by atoms with Gasteiger partial charge in [-0.2, -0.15) is 0 Å². The van der Waals surface area contributed by atoms with Crippen LogP contribution < -0.4 is 10.6 Å². The highest BCUT2D eigenvalue weighted by molar-refractivity contribution is 7.17. The van der Waals surface area contributed by atoms with Gasteiger partial charge in [-0.05, 0) is 49.4 Å². The van der Waals surface area contributed by atoms with E-state index in [1.54, 1.807) is 19.1 Å². The molecule has 128 valence electrons. The number of anilines is 3. The van der Waals surface area contributed by atoms with Gasteiger partial charge in [0.2, 0.25) is 0 Å². The van der Waals surface area contributed by atoms with Crippen LogP contribution in [0.3, 0.4) is 0 Å². The molecule has 0 fully saturated rings. The summed E-state index contributed by atoms with van der Waals surface area (Å²) in [6.45, 7) is 1.71. The second-order valence-electron chi connectivity index (χ2n) is 5.15. The first-order chi connectivity index (χ1) is 11.9. The Kier molecular flexibility index (Phi) is 4.96. The van der Waals surface area contributed by atoms with E-state index in [1.165, 1.54) is 30.3 Å². The molecule has 3 rings (SSSR count). The van der Waals surface area contributed by atoms with Crippen LogP contribution in [0.25, 0.3) is 0 Å². The smallest absolute Gasteiger partial charge is 0.267 e. The van der Waals surface area contributed by atoms with Crippen molar-refractivity contribution in [2.24, 2.45) is 0 Å². The van der Waals surface area contributed by atoms with Gasteiger partial charge in [-0.25, -0.2) is 13.8 Å². The van der Waals surface area contributed by atoms with Gasteiger partial charge in [-0.3, -0.25) is 4.79 Å². The lowest BCUT2D eigenvalue weighted by Gasteiger charge is -2.05. The molecule has 0 unspecified atom stereocenters. The van der Waals surface area contributed by atoms with Crippen LogP contribution in [0.5, 0.6) is 0 Å². The molecule has 0 aliphatic heterocycles. The van der Waals surface area contributed by atoms with Crippen LogP contribution in [0.2, 0.25) is 5.02 Å². The highest BCUT2D eigenvalue weighted by Crippen LogP contribution is 2.27. The van der Waals surface area contributed by atoms with Crippen molar-refractivity contribution >= 4 is 45.4 Å². The molecule has 1 aromatic heterocycles. The molecule has 1 heterocycles. The molecule has 25 heavy (non-hydrogen) atoms. The molecule has 2 N–H and O–H groups in total. The largest absolute Gasteiger partial charge is 0.332 e. The fourth-order valence-electron chi connectivity index (χ4n) is 2.08. The van der Waals surface area contributed by atoms with E-state index >= 15 is 0 Å². The first kappa shape index (κ1) is 17.3. The van der Waals surface area contributed by atoms with Gasteiger partial charge in [0, 0.05) is 11.4 Å². The Balaban J connectivity index is 1.75. The number of hydrogen-bond donors (Lipinski definition) is 2. The summed E-state index contributed by atoms with van der Waals surface area (Å²) in [6.07, 6.45) is 0. The minimum absolute atomic E-state index is 0.0718. The number of rotatable bonds is 4. The van der Waals surface area contributed by atoms with Gasteiger partial charge in [0.1, 0.15) is 16.5 Å². The van der Waals surface area contributed by atoms with E-state index in [1.807, 2.05) is 0 Å². The van der Waals surface area contributed by atoms with Gasteiger partial charge in [0.25, 0.3) is 5.91 Å². The first-order valence-corrected chi connectivity index (χ1v) is 8.38. The van der Waals surface area contributed by atoms with Crippen molar-refractivity contribution in [1.82, 2.24) is 4.98 Å². The van der Waals surface area contributed by atoms with Crippen LogP contribution in [0.4, 0.5) is 25.3 Å². The maximum absolute atomic E-state index is 13.2. The van der Waals surface area contributed by atoms with Crippen LogP contribution in [0.1, 0.15) is 15.4 Å². The predicted molar refractivity (Wildman–Crippen MR) is 95.9 cm³/mol. The number of benzene rings is 2. The lowest BCUT2D eigenvalue weighted by atomic mass is 10.3. The number of carbonyl (C=O) groups excluding carboxylic acids is 1. The van der Waals surface area contributed by atoms with Crippen molar-refractivity contribution in [2.75, 3.05) is 10.6 Å². The Morgan fingerprint density at radius 3 is 2.48 bits per heavy atom. The average Bonchev–Trinajstić information content (AvgIpc) is 2.94. The number of carbonyl (C=O) groups is 1. The molecule has 0 aliphatic carbocycles. The van der Waals surface area contributed by atoms with E-state index in [0.29, 0.717) is 27.1 Å². The summed E-state index contributed by atoms with van der Waals surface area (Å²) in [5, 5.41) is 6.11. The Morgan fingerprint density at radius 2 is 1.80 bits per heavy atom. The van der Waals surface area contributed by atoms with Crippen molar-refractivity contribution in [1.29, 1.82) is 0 Å². The second kappa shape index (κ2) is 7.16. The molecular weight excluding hydrogens is 368 g/mol. The number of aryl methyl sites for hydroxylation is 1. The monoisotopic (exact) mass is 379 g/mol. The van der Waals surface area contributed by atoms with E-state index in [4.69, 9.17) is 11.6 Å². The van der Waals surface area contributed by atoms with Gasteiger partial charge in [0.15, 0.2) is 5.13 Å². The van der Waals surface area contributed by atoms with Gasteiger partial charge in [-0.15, -0.1) is 0 Å². The van der Waals surface area contributed by atoms with Gasteiger partial charge < -0.3 is 10.6 Å². The number of nitrogens with one attached hydrogen (secondary N) is 2. The first-order valence-electron chi connectivity index (χ1n) is 7.19. The molecule has 0 saturated heterocycles. The van der Waals surface area contributed by atoms with Crippen LogP contribution in [-0.4, -0.2) is 10.9 Å². The number of hydrogen-bond acceptors (Lipinski definition) is 4. The lowest BCUT2D eigenvalue weighted by Crippen LogP contribution is -2.11. The minimum atomic E-state index is -0.556. The number of thiazole rings is 1. The molecule has 0 aliphatic rings. The number of nitrogens with zero attached hydrogens (tertiary/aromatic N) is 1. The summed E-state index contributed by atoms with van der Waals surface area (Å²) in [7, 11) is 0. The molecule has 4 nitrogen and oxygen atoms in total. The topological polar surface area (TPSA) is 54.0 Å². The van der Waals surface area contributed by atoms with Gasteiger partial charge >= 0.3 is 0 Å². The standard InChI is InChI=1S/C17H12ClF2N3OS/c1-9-15(16(24)22-12-6-7-14(20)13(18)8-12)25-17(21-9)23-11-4-2-10(19)3-5-11/h2-8H,1H3,(H,21,23)(H,22,24). The normalized spacial score (nSPS) is 10.6. The molecule has 3 aromatic rings. The zero-order valence-electron chi connectivity index (χ0n) is 12.9. The van der Waals surface area contributed by atoms with E-state index in [0.717, 1.165) is 11.3 Å². The van der Waals surface area contributed by atoms with Crippen LogP contribution >= 0.6 is 22.9 Å². The highest BCUT2D eigenvalue weighted by Gasteiger charge is 2.16. The summed E-state index contributed by atoms with van der Waals surface area (Å²) in [5.74, 6) is -1.26. The van der Waals surface area contributed by atoms with Crippen LogP contribution in [0, 0.1) is 18.6 Å².